The maximum atomic E-state index is 12.8. The lowest BCUT2D eigenvalue weighted by Gasteiger charge is -2.28. The van der Waals surface area contributed by atoms with Crippen LogP contribution in [-0.2, 0) is 4.79 Å². The molecule has 1 amide bonds. The summed E-state index contributed by atoms with van der Waals surface area (Å²) in [6, 6.07) is 8.50. The van der Waals surface area contributed by atoms with Gasteiger partial charge in [-0.15, -0.1) is 0 Å². The Morgan fingerprint density at radius 3 is 2.90 bits per heavy atom. The van der Waals surface area contributed by atoms with Gasteiger partial charge >= 0.3 is 0 Å². The van der Waals surface area contributed by atoms with E-state index in [1.807, 2.05) is 12.1 Å². The molecule has 1 aromatic rings. The van der Waals surface area contributed by atoms with Crippen molar-refractivity contribution >= 4 is 5.91 Å². The molecular formula is C17H24N2O2. The summed E-state index contributed by atoms with van der Waals surface area (Å²) in [5, 5.41) is 0. The molecule has 0 radical (unpaired) electrons. The molecule has 114 valence electrons. The van der Waals surface area contributed by atoms with Crippen molar-refractivity contribution in [1.29, 1.82) is 0 Å². The fourth-order valence-electron chi connectivity index (χ4n) is 3.70. The summed E-state index contributed by atoms with van der Waals surface area (Å²) in [7, 11) is 1.68. The molecule has 0 unspecified atom stereocenters. The Kier molecular flexibility index (Phi) is 4.15. The van der Waals surface area contributed by atoms with Crippen LogP contribution in [0.2, 0.25) is 0 Å². The summed E-state index contributed by atoms with van der Waals surface area (Å²) in [5.41, 5.74) is 7.14. The normalized spacial score (nSPS) is 28.9. The quantitative estimate of drug-likeness (QED) is 0.929. The fraction of sp³-hybridized carbons (Fsp3) is 0.588. The second-order valence-corrected chi connectivity index (χ2v) is 6.24. The minimum atomic E-state index is 0.131. The predicted molar refractivity (Wildman–Crippen MR) is 82.0 cm³/mol. The number of benzene rings is 1. The second kappa shape index (κ2) is 6.06. The van der Waals surface area contributed by atoms with E-state index in [9.17, 15) is 4.79 Å². The Bertz CT molecular complexity index is 517. The lowest BCUT2D eigenvalue weighted by Crippen LogP contribution is -2.35. The molecule has 0 bridgehead atoms. The molecule has 21 heavy (non-hydrogen) atoms. The lowest BCUT2D eigenvalue weighted by atomic mass is 10.0. The Hall–Kier alpha value is -1.55. The Morgan fingerprint density at radius 2 is 2.19 bits per heavy atom. The van der Waals surface area contributed by atoms with E-state index in [4.69, 9.17) is 10.5 Å². The molecule has 1 saturated carbocycles. The van der Waals surface area contributed by atoms with E-state index in [1.54, 1.807) is 7.11 Å². The van der Waals surface area contributed by atoms with Gasteiger partial charge in [0.25, 0.3) is 0 Å². The van der Waals surface area contributed by atoms with Crippen LogP contribution >= 0.6 is 0 Å². The summed E-state index contributed by atoms with van der Waals surface area (Å²) < 4.78 is 5.30. The summed E-state index contributed by atoms with van der Waals surface area (Å²) >= 11 is 0. The number of methoxy groups -OCH3 is 1. The van der Waals surface area contributed by atoms with Crippen LogP contribution in [-0.4, -0.2) is 30.5 Å². The van der Waals surface area contributed by atoms with Crippen molar-refractivity contribution in [3.8, 4) is 5.75 Å². The van der Waals surface area contributed by atoms with Crippen molar-refractivity contribution in [2.24, 2.45) is 11.7 Å². The second-order valence-electron chi connectivity index (χ2n) is 6.24. The number of carbonyl (C=O) groups is 1. The van der Waals surface area contributed by atoms with Crippen molar-refractivity contribution in [1.82, 2.24) is 4.90 Å². The third-order valence-electron chi connectivity index (χ3n) is 4.84. The van der Waals surface area contributed by atoms with Crippen LogP contribution in [0.1, 0.15) is 43.7 Å². The number of rotatable bonds is 3. The van der Waals surface area contributed by atoms with Gasteiger partial charge in [0.1, 0.15) is 5.75 Å². The number of nitrogens with zero attached hydrogens (tertiary/aromatic N) is 1. The number of ether oxygens (including phenoxy) is 1. The van der Waals surface area contributed by atoms with E-state index in [-0.39, 0.29) is 18.0 Å². The topological polar surface area (TPSA) is 55.6 Å². The highest BCUT2D eigenvalue weighted by Crippen LogP contribution is 2.36. The first-order valence-corrected chi connectivity index (χ1v) is 7.89. The van der Waals surface area contributed by atoms with E-state index >= 15 is 0 Å². The van der Waals surface area contributed by atoms with Crippen LogP contribution in [0.3, 0.4) is 0 Å². The van der Waals surface area contributed by atoms with E-state index in [2.05, 4.69) is 17.0 Å². The molecule has 1 aliphatic carbocycles. The van der Waals surface area contributed by atoms with Gasteiger partial charge in [-0.25, -0.2) is 0 Å². The van der Waals surface area contributed by atoms with Crippen LogP contribution in [0.15, 0.2) is 24.3 Å². The SMILES string of the molecule is COc1cccc([C@@H]2CCCN2C(=O)[C@H]2CC[C@@H](N)C2)c1. The highest BCUT2D eigenvalue weighted by molar-refractivity contribution is 5.80. The molecule has 2 fully saturated rings. The number of carbonyl (C=O) groups excluding carboxylic acids is 1. The zero-order valence-electron chi connectivity index (χ0n) is 12.6. The first kappa shape index (κ1) is 14.4. The average molecular weight is 288 g/mol. The summed E-state index contributed by atoms with van der Waals surface area (Å²) in [6.07, 6.45) is 4.89. The monoisotopic (exact) mass is 288 g/mol. The summed E-state index contributed by atoms with van der Waals surface area (Å²) in [5.74, 6) is 1.29. The molecule has 1 aliphatic heterocycles. The van der Waals surface area contributed by atoms with Crippen molar-refractivity contribution in [3.63, 3.8) is 0 Å². The Balaban J connectivity index is 1.77. The molecule has 1 saturated heterocycles. The van der Waals surface area contributed by atoms with E-state index < -0.39 is 0 Å². The maximum absolute atomic E-state index is 12.8. The molecule has 1 heterocycles. The highest BCUT2D eigenvalue weighted by atomic mass is 16.5. The van der Waals surface area contributed by atoms with Crippen molar-refractivity contribution < 1.29 is 9.53 Å². The first-order chi connectivity index (χ1) is 10.2. The van der Waals surface area contributed by atoms with Gasteiger partial charge in [-0.05, 0) is 49.8 Å². The van der Waals surface area contributed by atoms with Crippen molar-refractivity contribution in [2.45, 2.75) is 44.2 Å². The van der Waals surface area contributed by atoms with Crippen molar-refractivity contribution in [3.05, 3.63) is 29.8 Å². The molecule has 2 N–H and O–H groups in total. The zero-order valence-corrected chi connectivity index (χ0v) is 12.6. The standard InChI is InChI=1S/C17H24N2O2/c1-21-15-5-2-4-12(11-15)16-6-3-9-19(16)17(20)13-7-8-14(18)10-13/h2,4-5,11,13-14,16H,3,6-10,18H2,1H3/t13-,14+,16-/m0/s1. The Labute approximate surface area is 126 Å². The molecule has 3 rings (SSSR count). The summed E-state index contributed by atoms with van der Waals surface area (Å²) in [4.78, 5) is 14.8. The Morgan fingerprint density at radius 1 is 1.33 bits per heavy atom. The zero-order chi connectivity index (χ0) is 14.8. The minimum absolute atomic E-state index is 0.131. The van der Waals surface area contributed by atoms with Gasteiger partial charge in [0.2, 0.25) is 5.91 Å². The third-order valence-corrected chi connectivity index (χ3v) is 4.84. The van der Waals surface area contributed by atoms with E-state index in [1.165, 1.54) is 5.56 Å². The molecule has 4 nitrogen and oxygen atoms in total. The van der Waals surface area contributed by atoms with Gasteiger partial charge in [-0.1, -0.05) is 12.1 Å². The maximum Gasteiger partial charge on any atom is 0.226 e. The van der Waals surface area contributed by atoms with Crippen LogP contribution in [0, 0.1) is 5.92 Å². The smallest absolute Gasteiger partial charge is 0.226 e. The fourth-order valence-corrected chi connectivity index (χ4v) is 3.70. The van der Waals surface area contributed by atoms with Gasteiger partial charge in [-0.3, -0.25) is 4.79 Å². The number of likely N-dealkylation sites (tertiary alicyclic amines) is 1. The van der Waals surface area contributed by atoms with Gasteiger partial charge in [0.05, 0.1) is 13.2 Å². The van der Waals surface area contributed by atoms with Crippen LogP contribution in [0.5, 0.6) is 5.75 Å². The molecule has 0 spiro atoms. The van der Waals surface area contributed by atoms with Gasteiger partial charge in [0, 0.05) is 18.5 Å². The molecular weight excluding hydrogens is 264 g/mol. The van der Waals surface area contributed by atoms with E-state index in [0.29, 0.717) is 5.91 Å². The highest BCUT2D eigenvalue weighted by Gasteiger charge is 2.36. The number of hydrogen-bond acceptors (Lipinski definition) is 3. The van der Waals surface area contributed by atoms with Crippen LogP contribution < -0.4 is 10.5 Å². The average Bonchev–Trinajstić information content (AvgIpc) is 3.15. The third kappa shape index (κ3) is 2.91. The number of hydrogen-bond donors (Lipinski definition) is 1. The largest absolute Gasteiger partial charge is 0.497 e. The summed E-state index contributed by atoms with van der Waals surface area (Å²) in [6.45, 7) is 0.868. The number of nitrogens with two attached hydrogens (primary N) is 1. The lowest BCUT2D eigenvalue weighted by molar-refractivity contribution is -0.136. The molecule has 2 aliphatic rings. The molecule has 3 atom stereocenters. The van der Waals surface area contributed by atoms with Gasteiger partial charge < -0.3 is 15.4 Å². The van der Waals surface area contributed by atoms with Crippen LogP contribution in [0.25, 0.3) is 0 Å². The van der Waals surface area contributed by atoms with Gasteiger partial charge in [0.15, 0.2) is 0 Å². The predicted octanol–water partition coefficient (Wildman–Crippen LogP) is 2.49. The molecule has 1 aromatic carbocycles. The minimum Gasteiger partial charge on any atom is -0.497 e. The molecule has 4 heteroatoms. The molecule has 0 aromatic heterocycles. The van der Waals surface area contributed by atoms with Crippen LogP contribution in [0.4, 0.5) is 0 Å². The first-order valence-electron chi connectivity index (χ1n) is 7.89. The van der Waals surface area contributed by atoms with Crippen molar-refractivity contribution in [2.75, 3.05) is 13.7 Å². The van der Waals surface area contributed by atoms with Gasteiger partial charge in [-0.2, -0.15) is 0 Å². The number of amides is 1. The van der Waals surface area contributed by atoms with E-state index in [0.717, 1.165) is 44.4 Å².